The van der Waals surface area contributed by atoms with E-state index in [0.717, 1.165) is 0 Å². The number of non-ortho nitro benzene ring substituents is 1. The zero-order chi connectivity index (χ0) is 24.5. The Morgan fingerprint density at radius 2 is 1.26 bits per heavy atom. The van der Waals surface area contributed by atoms with Crippen molar-refractivity contribution < 1.29 is 19.9 Å². The zero-order valence-corrected chi connectivity index (χ0v) is 17.8. The van der Waals surface area contributed by atoms with Crippen LogP contribution in [0.5, 0.6) is 0 Å². The average Bonchev–Trinajstić information content (AvgIpc) is 2.84. The van der Waals surface area contributed by atoms with Gasteiger partial charge in [-0.1, -0.05) is 60.7 Å². The van der Waals surface area contributed by atoms with Crippen molar-refractivity contribution in [3.8, 4) is 0 Å². The predicted octanol–water partition coefficient (Wildman–Crippen LogP) is 4.04. The Kier molecular flexibility index (Phi) is 6.08. The van der Waals surface area contributed by atoms with E-state index < -0.39 is 44.3 Å². The molecule has 10 nitrogen and oxygen atoms in total. The summed E-state index contributed by atoms with van der Waals surface area (Å²) in [5, 5.41) is 47.8. The molecule has 0 bridgehead atoms. The van der Waals surface area contributed by atoms with Gasteiger partial charge < -0.3 is 5.11 Å². The van der Waals surface area contributed by atoms with Gasteiger partial charge in [0.1, 0.15) is 5.92 Å². The van der Waals surface area contributed by atoms with Crippen molar-refractivity contribution in [2.24, 2.45) is 0 Å². The highest BCUT2D eigenvalue weighted by molar-refractivity contribution is 5.40. The molecule has 1 saturated carbocycles. The lowest BCUT2D eigenvalue weighted by atomic mass is 9.60. The Labute approximate surface area is 193 Å². The van der Waals surface area contributed by atoms with Gasteiger partial charge in [-0.3, -0.25) is 30.3 Å². The van der Waals surface area contributed by atoms with Crippen molar-refractivity contribution in [1.29, 1.82) is 0 Å². The highest BCUT2D eigenvalue weighted by Gasteiger charge is 2.64. The summed E-state index contributed by atoms with van der Waals surface area (Å²) in [6.45, 7) is 0. The van der Waals surface area contributed by atoms with Gasteiger partial charge in [0.15, 0.2) is 5.60 Å². The van der Waals surface area contributed by atoms with E-state index in [4.69, 9.17) is 0 Å². The molecule has 0 spiro atoms. The van der Waals surface area contributed by atoms with E-state index in [-0.39, 0.29) is 17.7 Å². The third kappa shape index (κ3) is 3.99. The molecule has 4 rings (SSSR count). The highest BCUT2D eigenvalue weighted by Crippen LogP contribution is 2.52. The SMILES string of the molecule is O=[N+]([O-])c1ccc([C@]2(O)C[C@H](c3ccccc3)[C@H]([N+](=O)[O-])[C@H](c3ccccc3)[C@H]2[N+](=O)[O-])cc1. The van der Waals surface area contributed by atoms with Gasteiger partial charge in [0.25, 0.3) is 11.7 Å². The standard InChI is InChI=1S/C24H21N3O7/c28-24(18-11-13-19(14-12-18)25(29)30)15-20(16-7-3-1-4-8-16)22(26(31)32)21(23(24)27(33)34)17-9-5-2-6-10-17/h1-14,20-23,28H,15H2/t20-,21+,22+,23-,24-/m1/s1. The zero-order valence-electron chi connectivity index (χ0n) is 17.8. The van der Waals surface area contributed by atoms with Crippen LogP contribution in [0.15, 0.2) is 84.9 Å². The monoisotopic (exact) mass is 463 g/mol. The molecular weight excluding hydrogens is 442 g/mol. The molecule has 3 aromatic carbocycles. The van der Waals surface area contributed by atoms with Crippen LogP contribution in [0.2, 0.25) is 0 Å². The molecule has 1 aliphatic carbocycles. The smallest absolute Gasteiger partial charge is 0.269 e. The van der Waals surface area contributed by atoms with E-state index in [9.17, 15) is 35.4 Å². The van der Waals surface area contributed by atoms with Crippen LogP contribution < -0.4 is 0 Å². The second kappa shape index (κ2) is 8.99. The first kappa shape index (κ1) is 23.0. The molecule has 0 aliphatic heterocycles. The largest absolute Gasteiger partial charge is 0.378 e. The third-order valence-corrected chi connectivity index (χ3v) is 6.60. The molecule has 1 fully saturated rings. The minimum Gasteiger partial charge on any atom is -0.378 e. The molecule has 10 heteroatoms. The third-order valence-electron chi connectivity index (χ3n) is 6.60. The topological polar surface area (TPSA) is 150 Å². The van der Waals surface area contributed by atoms with Crippen LogP contribution in [0, 0.1) is 30.3 Å². The quantitative estimate of drug-likeness (QED) is 0.428. The maximum Gasteiger partial charge on any atom is 0.269 e. The first-order valence-electron chi connectivity index (χ1n) is 10.6. The number of hydrogen-bond donors (Lipinski definition) is 1. The molecule has 34 heavy (non-hydrogen) atoms. The second-order valence-electron chi connectivity index (χ2n) is 8.39. The van der Waals surface area contributed by atoms with Crippen LogP contribution in [0.4, 0.5) is 5.69 Å². The number of nitro benzene ring substituents is 1. The van der Waals surface area contributed by atoms with Crippen LogP contribution in [0.25, 0.3) is 0 Å². The first-order chi connectivity index (χ1) is 16.2. The number of nitrogens with zero attached hydrogens (tertiary/aromatic N) is 3. The molecule has 0 amide bonds. The van der Waals surface area contributed by atoms with Crippen molar-refractivity contribution >= 4 is 5.69 Å². The minimum absolute atomic E-state index is 0.100. The Morgan fingerprint density at radius 1 is 0.735 bits per heavy atom. The number of benzene rings is 3. The summed E-state index contributed by atoms with van der Waals surface area (Å²) < 4.78 is 0. The highest BCUT2D eigenvalue weighted by atomic mass is 16.6. The molecule has 0 heterocycles. The number of nitro groups is 3. The molecule has 0 aromatic heterocycles. The van der Waals surface area contributed by atoms with E-state index >= 15 is 0 Å². The van der Waals surface area contributed by atoms with E-state index in [0.29, 0.717) is 11.1 Å². The Morgan fingerprint density at radius 3 is 1.74 bits per heavy atom. The summed E-state index contributed by atoms with van der Waals surface area (Å²) in [6, 6.07) is 18.5. The van der Waals surface area contributed by atoms with Crippen molar-refractivity contribution in [3.05, 3.63) is 132 Å². The van der Waals surface area contributed by atoms with Gasteiger partial charge in [-0.2, -0.15) is 0 Å². The lowest BCUT2D eigenvalue weighted by Crippen LogP contribution is -2.59. The fraction of sp³-hybridized carbons (Fsp3) is 0.250. The second-order valence-corrected chi connectivity index (χ2v) is 8.39. The average molecular weight is 463 g/mol. The lowest BCUT2D eigenvalue weighted by Gasteiger charge is -2.44. The van der Waals surface area contributed by atoms with E-state index in [1.807, 2.05) is 0 Å². The molecule has 1 N–H and O–H groups in total. The van der Waals surface area contributed by atoms with Crippen LogP contribution in [-0.2, 0) is 5.60 Å². The molecule has 174 valence electrons. The van der Waals surface area contributed by atoms with Gasteiger partial charge in [-0.15, -0.1) is 0 Å². The van der Waals surface area contributed by atoms with Gasteiger partial charge in [-0.25, -0.2) is 0 Å². The predicted molar refractivity (Wildman–Crippen MR) is 122 cm³/mol. The normalized spacial score (nSPS) is 26.5. The molecule has 1 aliphatic rings. The number of hydrogen-bond acceptors (Lipinski definition) is 7. The Hall–Kier alpha value is -4.18. The van der Waals surface area contributed by atoms with Crippen molar-refractivity contribution in [2.45, 2.75) is 35.9 Å². The summed E-state index contributed by atoms with van der Waals surface area (Å²) in [7, 11) is 0. The maximum atomic E-state index is 12.4. The molecule has 5 atom stereocenters. The first-order valence-corrected chi connectivity index (χ1v) is 10.6. The molecule has 0 radical (unpaired) electrons. The van der Waals surface area contributed by atoms with Gasteiger partial charge in [0, 0.05) is 28.4 Å². The fourth-order valence-corrected chi connectivity index (χ4v) is 5.12. The van der Waals surface area contributed by atoms with Gasteiger partial charge in [0.05, 0.1) is 10.8 Å². The summed E-state index contributed by atoms with van der Waals surface area (Å²) in [4.78, 5) is 34.1. The minimum atomic E-state index is -2.12. The van der Waals surface area contributed by atoms with E-state index in [1.165, 1.54) is 24.3 Å². The Bertz CT molecular complexity index is 1200. The van der Waals surface area contributed by atoms with Crippen LogP contribution >= 0.6 is 0 Å². The van der Waals surface area contributed by atoms with Gasteiger partial charge in [0.2, 0.25) is 6.04 Å². The molecular formula is C24H21N3O7. The van der Waals surface area contributed by atoms with Crippen molar-refractivity contribution in [1.82, 2.24) is 0 Å². The summed E-state index contributed by atoms with van der Waals surface area (Å²) in [5.74, 6) is -2.11. The van der Waals surface area contributed by atoms with Crippen molar-refractivity contribution in [2.75, 3.05) is 0 Å². The summed E-state index contributed by atoms with van der Waals surface area (Å²) >= 11 is 0. The van der Waals surface area contributed by atoms with E-state index in [2.05, 4.69) is 0 Å². The van der Waals surface area contributed by atoms with Crippen LogP contribution in [-0.4, -0.2) is 32.0 Å². The molecule has 0 unspecified atom stereocenters. The fourth-order valence-electron chi connectivity index (χ4n) is 5.12. The van der Waals surface area contributed by atoms with Crippen LogP contribution in [0.1, 0.15) is 34.9 Å². The van der Waals surface area contributed by atoms with Gasteiger partial charge >= 0.3 is 0 Å². The summed E-state index contributed by atoms with van der Waals surface area (Å²) in [5.41, 5.74) is -1.31. The number of rotatable bonds is 6. The van der Waals surface area contributed by atoms with Gasteiger partial charge in [-0.05, 0) is 28.8 Å². The van der Waals surface area contributed by atoms with Crippen molar-refractivity contribution in [3.63, 3.8) is 0 Å². The summed E-state index contributed by atoms with van der Waals surface area (Å²) in [6.07, 6.45) is -0.296. The van der Waals surface area contributed by atoms with E-state index in [1.54, 1.807) is 60.7 Å². The number of aliphatic hydroxyl groups is 1. The molecule has 0 saturated heterocycles. The molecule has 3 aromatic rings. The lowest BCUT2D eigenvalue weighted by molar-refractivity contribution is -0.595. The maximum absolute atomic E-state index is 12.4. The van der Waals surface area contributed by atoms with Crippen LogP contribution in [0.3, 0.4) is 0 Å². The Balaban J connectivity index is 1.96.